The summed E-state index contributed by atoms with van der Waals surface area (Å²) in [6.45, 7) is 25.2. The van der Waals surface area contributed by atoms with Gasteiger partial charge in [-0.15, -0.1) is 47.6 Å². The maximum atomic E-state index is 12.2. The summed E-state index contributed by atoms with van der Waals surface area (Å²) in [5.41, 5.74) is 4.95. The van der Waals surface area contributed by atoms with Crippen molar-refractivity contribution in [3.63, 3.8) is 0 Å². The molecular formula is C41H50IrNO2S3-. The van der Waals surface area contributed by atoms with E-state index < -0.39 is 0 Å². The van der Waals surface area contributed by atoms with E-state index in [9.17, 15) is 9.90 Å². The van der Waals surface area contributed by atoms with Crippen LogP contribution in [0.5, 0.6) is 0 Å². The van der Waals surface area contributed by atoms with E-state index in [-0.39, 0.29) is 47.9 Å². The fourth-order valence-corrected chi connectivity index (χ4v) is 8.37. The molecule has 7 heteroatoms. The maximum Gasteiger partial charge on any atom is 0.164 e. The summed E-state index contributed by atoms with van der Waals surface area (Å²) in [7, 11) is 0. The summed E-state index contributed by atoms with van der Waals surface area (Å²) in [5.74, 6) is 0.286. The van der Waals surface area contributed by atoms with E-state index in [2.05, 4.69) is 76.1 Å². The van der Waals surface area contributed by atoms with Crippen molar-refractivity contribution in [3.05, 3.63) is 77.5 Å². The molecule has 3 heterocycles. The van der Waals surface area contributed by atoms with Gasteiger partial charge in [-0.25, -0.2) is 0 Å². The molecule has 0 saturated heterocycles. The molecule has 0 spiro atoms. The first-order valence-corrected chi connectivity index (χ1v) is 18.8. The number of fused-ring (bicyclic) bond motifs is 4. The van der Waals surface area contributed by atoms with Crippen molar-refractivity contribution in [2.24, 2.45) is 10.8 Å². The van der Waals surface area contributed by atoms with Gasteiger partial charge in [0.2, 0.25) is 0 Å². The number of benzene rings is 2. The molecular weight excluding hydrogens is 827 g/mol. The number of hydrogen-bond acceptors (Lipinski definition) is 6. The molecule has 0 aliphatic carbocycles. The van der Waals surface area contributed by atoms with E-state index in [1.807, 2.05) is 47.7 Å². The Hall–Kier alpha value is -2.28. The third kappa shape index (κ3) is 7.86. The Bertz CT molecular complexity index is 1970. The Balaban J connectivity index is 0.000000301. The Kier molecular flexibility index (Phi) is 13.2. The third-order valence-electron chi connectivity index (χ3n) is 10.1. The van der Waals surface area contributed by atoms with Crippen molar-refractivity contribution in [2.45, 2.75) is 105 Å². The summed E-state index contributed by atoms with van der Waals surface area (Å²) in [5, 5.41) is 15.8. The Morgan fingerprint density at radius 3 is 2.12 bits per heavy atom. The largest absolute Gasteiger partial charge is 0.512 e. The third-order valence-corrected chi connectivity index (χ3v) is 12.5. The number of nitrogens with zero attached hydrogens (tertiary/aromatic N) is 1. The maximum absolute atomic E-state index is 12.2. The number of rotatable bonds is 9. The zero-order valence-corrected chi connectivity index (χ0v) is 35.0. The standard InChI is InChI=1S/C26H22NS3.C15H28O2.Ir/c1-14(2)21-18(28)6-7-19-22(21)23-20(30-19)8-10-27-24(23)16-12-15-9-11-29-25(15)17(13-16)26(3,4)5;1-7-14(5,8-2)12(16)11-13(17)15(6,9-3)10-4;/h6-11,13,28H,1H2,2-5H3;11,16H,7-10H2,1-6H3;/q-1;;/b;12-11-;. The molecule has 5 rings (SSSR count). The molecule has 48 heavy (non-hydrogen) atoms. The number of carbonyl (C=O) groups excluding carboxylic acids is 1. The second-order valence-electron chi connectivity index (χ2n) is 14.2. The summed E-state index contributed by atoms with van der Waals surface area (Å²) < 4.78 is 3.78. The topological polar surface area (TPSA) is 50.2 Å². The second kappa shape index (κ2) is 15.7. The molecule has 2 aromatic carbocycles. The van der Waals surface area contributed by atoms with E-state index in [0.717, 1.165) is 58.4 Å². The van der Waals surface area contributed by atoms with Gasteiger partial charge in [0.05, 0.1) is 0 Å². The number of pyridine rings is 1. The van der Waals surface area contributed by atoms with E-state index in [0.29, 0.717) is 0 Å². The number of aromatic nitrogens is 1. The zero-order valence-electron chi connectivity index (χ0n) is 30.1. The molecule has 0 bridgehead atoms. The van der Waals surface area contributed by atoms with Crippen LogP contribution in [0.4, 0.5) is 0 Å². The van der Waals surface area contributed by atoms with Gasteiger partial charge in [0.15, 0.2) is 5.78 Å². The molecule has 1 N–H and O–H groups in total. The number of ketones is 1. The number of hydrogen-bond donors (Lipinski definition) is 2. The van der Waals surface area contributed by atoms with Gasteiger partial charge < -0.3 is 5.11 Å². The number of allylic oxidation sites excluding steroid dienone is 3. The van der Waals surface area contributed by atoms with Gasteiger partial charge in [-0.05, 0) is 82.8 Å². The average Bonchev–Trinajstić information content (AvgIpc) is 3.67. The molecule has 0 amide bonds. The number of aliphatic hydroxyl groups is 1. The van der Waals surface area contributed by atoms with Gasteiger partial charge in [0, 0.05) is 68.6 Å². The Labute approximate surface area is 314 Å². The predicted octanol–water partition coefficient (Wildman–Crippen LogP) is 13.4. The van der Waals surface area contributed by atoms with E-state index in [1.165, 1.54) is 36.5 Å². The number of carbonyl (C=O) groups is 1. The van der Waals surface area contributed by atoms with E-state index in [4.69, 9.17) is 17.6 Å². The first-order chi connectivity index (χ1) is 22.0. The molecule has 3 nitrogen and oxygen atoms in total. The number of thiol groups is 1. The molecule has 3 aromatic heterocycles. The van der Waals surface area contributed by atoms with Gasteiger partial charge in [-0.3, -0.25) is 9.78 Å². The van der Waals surface area contributed by atoms with Crippen molar-refractivity contribution in [3.8, 4) is 11.3 Å². The number of aliphatic hydroxyl groups excluding tert-OH is 1. The molecule has 0 atom stereocenters. The van der Waals surface area contributed by atoms with Gasteiger partial charge >= 0.3 is 0 Å². The van der Waals surface area contributed by atoms with Crippen molar-refractivity contribution < 1.29 is 30.0 Å². The van der Waals surface area contributed by atoms with E-state index >= 15 is 0 Å². The van der Waals surface area contributed by atoms with Crippen molar-refractivity contribution in [1.29, 1.82) is 0 Å². The van der Waals surface area contributed by atoms with Gasteiger partial charge in [-0.2, -0.15) is 11.3 Å². The molecule has 0 saturated carbocycles. The van der Waals surface area contributed by atoms with Crippen LogP contribution < -0.4 is 0 Å². The molecule has 5 aromatic rings. The zero-order chi connectivity index (χ0) is 34.9. The van der Waals surface area contributed by atoms with Crippen LogP contribution in [0.2, 0.25) is 0 Å². The van der Waals surface area contributed by atoms with Gasteiger partial charge in [0.1, 0.15) is 5.76 Å². The number of thiophene rings is 2. The van der Waals surface area contributed by atoms with Crippen LogP contribution in [0.25, 0.3) is 47.1 Å². The van der Waals surface area contributed by atoms with Crippen molar-refractivity contribution >= 4 is 76.9 Å². The first kappa shape index (κ1) is 40.2. The summed E-state index contributed by atoms with van der Waals surface area (Å²) in [6.07, 6.45) is 6.67. The molecule has 0 fully saturated rings. The second-order valence-corrected chi connectivity index (χ2v) is 16.7. The van der Waals surface area contributed by atoms with Crippen molar-refractivity contribution in [1.82, 2.24) is 4.98 Å². The summed E-state index contributed by atoms with van der Waals surface area (Å²) >= 11 is 8.33. The van der Waals surface area contributed by atoms with E-state index in [1.54, 1.807) is 22.7 Å². The van der Waals surface area contributed by atoms with Crippen LogP contribution in [0.15, 0.2) is 65.2 Å². The molecule has 0 unspecified atom stereocenters. The molecule has 259 valence electrons. The van der Waals surface area contributed by atoms with Gasteiger partial charge in [-0.1, -0.05) is 80.0 Å². The van der Waals surface area contributed by atoms with Crippen molar-refractivity contribution in [2.75, 3.05) is 0 Å². The minimum atomic E-state index is -0.337. The minimum Gasteiger partial charge on any atom is -0.512 e. The molecule has 0 aliphatic heterocycles. The Morgan fingerprint density at radius 1 is 0.958 bits per heavy atom. The van der Waals surface area contributed by atoms with Crippen LogP contribution in [-0.2, 0) is 30.3 Å². The van der Waals surface area contributed by atoms with Crippen LogP contribution in [0.1, 0.15) is 106 Å². The smallest absolute Gasteiger partial charge is 0.164 e. The minimum absolute atomic E-state index is 0. The summed E-state index contributed by atoms with van der Waals surface area (Å²) in [4.78, 5) is 18.0. The predicted molar refractivity (Wildman–Crippen MR) is 211 cm³/mol. The van der Waals surface area contributed by atoms with Crippen LogP contribution in [0, 0.1) is 16.9 Å². The fraction of sp³-hybridized carbons (Fsp3) is 0.415. The summed E-state index contributed by atoms with van der Waals surface area (Å²) in [6, 6.07) is 14.4. The monoisotopic (exact) mass is 877 g/mol. The normalized spacial score (nSPS) is 12.6. The van der Waals surface area contributed by atoms with Crippen LogP contribution in [-0.4, -0.2) is 15.9 Å². The SMILES string of the molecule is C=C(C)c1c(S)ccc2sc3ccnc(-c4[c-]c5ccsc5c(C(C)(C)C)c4)c3c12.CCC(C)(CC)C(=O)/C=C(\O)C(C)(CC)CC.[Ir]. The first-order valence-electron chi connectivity index (χ1n) is 16.6. The van der Waals surface area contributed by atoms with Crippen LogP contribution >= 0.6 is 35.3 Å². The fourth-order valence-electron chi connectivity index (χ4n) is 5.81. The molecule has 0 aliphatic rings. The quantitative estimate of drug-likeness (QED) is 0.0671. The molecule has 1 radical (unpaired) electrons. The Morgan fingerprint density at radius 2 is 1.56 bits per heavy atom. The van der Waals surface area contributed by atoms with Gasteiger partial charge in [0.25, 0.3) is 0 Å². The average molecular weight is 877 g/mol. The van der Waals surface area contributed by atoms with Crippen LogP contribution in [0.3, 0.4) is 0 Å².